The van der Waals surface area contributed by atoms with Crippen LogP contribution in [0.3, 0.4) is 0 Å². The molecule has 0 aromatic heterocycles. The molecule has 0 radical (unpaired) electrons. The molecule has 4 aromatic rings. The van der Waals surface area contributed by atoms with Gasteiger partial charge >= 0.3 is 75.2 Å². The standard InChI is InChI=1S/4C7H6O6S.Fe.Ni/c4*8-7(9)5-3-1-2-4-6(5)13-14(10,11)12;;/h4*1-4H,(H,8,9)(H,10,11,12);;/q;;;;2*+2/p-4. The van der Waals surface area contributed by atoms with E-state index in [2.05, 4.69) is 16.7 Å². The number of carboxylic acid groups (broad SMARTS) is 4. The first kappa shape index (κ1) is 54.7. The Morgan fingerprint density at radius 3 is 0.621 bits per heavy atom. The van der Waals surface area contributed by atoms with Crippen LogP contribution in [0.15, 0.2) is 97.1 Å². The minimum absolute atomic E-state index is 0. The second-order valence-electron chi connectivity index (χ2n) is 9.18. The third-order valence-corrected chi connectivity index (χ3v) is 6.77. The van der Waals surface area contributed by atoms with Crippen molar-refractivity contribution >= 4 is 65.5 Å². The molecule has 0 heterocycles. The summed E-state index contributed by atoms with van der Waals surface area (Å²) in [4.78, 5) is 41.8. The van der Waals surface area contributed by atoms with Gasteiger partial charge in [0, 0.05) is 22.3 Å². The summed E-state index contributed by atoms with van der Waals surface area (Å²) in [7, 11) is -18.9. The van der Waals surface area contributed by atoms with E-state index in [0.717, 1.165) is 48.5 Å². The van der Waals surface area contributed by atoms with Gasteiger partial charge in [0.25, 0.3) is 0 Å². The Morgan fingerprint density at radius 2 is 0.500 bits per heavy atom. The molecule has 0 aliphatic heterocycles. The molecule has 0 fully saturated rings. The van der Waals surface area contributed by atoms with Crippen LogP contribution in [0.25, 0.3) is 0 Å². The first-order valence-corrected chi connectivity index (χ1v) is 18.9. The maximum atomic E-state index is 10.4. The molecule has 4 N–H and O–H groups in total. The maximum absolute atomic E-state index is 10.4. The fraction of sp³-hybridized carbons (Fsp3) is 0. The van der Waals surface area contributed by atoms with Crippen molar-refractivity contribution in [3.05, 3.63) is 119 Å². The largest absolute Gasteiger partial charge is 2.00 e. The number of hydrogen-bond donors (Lipinski definition) is 4. The molecule has 0 amide bonds. The summed E-state index contributed by atoms with van der Waals surface area (Å²) in [6, 6.07) is 19.6. The van der Waals surface area contributed by atoms with Crippen molar-refractivity contribution in [2.24, 2.45) is 0 Å². The van der Waals surface area contributed by atoms with Gasteiger partial charge in [0.05, 0.1) is 23.9 Å². The van der Waals surface area contributed by atoms with Crippen LogP contribution in [0.5, 0.6) is 23.0 Å². The van der Waals surface area contributed by atoms with E-state index in [9.17, 15) is 73.3 Å². The molecule has 0 aliphatic rings. The van der Waals surface area contributed by atoms with Gasteiger partial charge in [-0.25, -0.2) is 0 Å². The molecule has 24 nitrogen and oxygen atoms in total. The fourth-order valence-electron chi connectivity index (χ4n) is 3.29. The molecular weight excluding hydrogens is 963 g/mol. The smallest absolute Gasteiger partial charge is 0.545 e. The summed E-state index contributed by atoms with van der Waals surface area (Å²) in [5.41, 5.74) is -1.81. The van der Waals surface area contributed by atoms with Crippen LogP contribution in [-0.2, 0) is 75.2 Å². The second kappa shape index (κ2) is 23.7. The van der Waals surface area contributed by atoms with Crippen LogP contribution < -0.4 is 37.2 Å². The predicted octanol–water partition coefficient (Wildman–Crippen LogP) is -3.08. The van der Waals surface area contributed by atoms with E-state index >= 15 is 0 Å². The average Bonchev–Trinajstić information content (AvgIpc) is 3.03. The van der Waals surface area contributed by atoms with Crippen LogP contribution in [0.2, 0.25) is 0 Å². The normalized spacial score (nSPS) is 10.6. The molecule has 0 saturated heterocycles. The molecule has 30 heteroatoms. The summed E-state index contributed by atoms with van der Waals surface area (Å²) in [5.74, 6) is -8.34. The number of carbonyl (C=O) groups is 4. The second-order valence-corrected chi connectivity index (χ2v) is 13.3. The number of benzene rings is 4. The number of hydrogen-bond acceptors (Lipinski definition) is 20. The van der Waals surface area contributed by atoms with E-state index in [1.807, 2.05) is 0 Å². The van der Waals surface area contributed by atoms with Crippen molar-refractivity contribution in [3.63, 3.8) is 0 Å². The summed E-state index contributed by atoms with van der Waals surface area (Å²) >= 11 is 0. The van der Waals surface area contributed by atoms with Crippen LogP contribution >= 0.6 is 0 Å². The van der Waals surface area contributed by atoms with Gasteiger partial charge in [-0.2, -0.15) is 33.7 Å². The minimum Gasteiger partial charge on any atom is -0.545 e. The van der Waals surface area contributed by atoms with Crippen LogP contribution in [0, 0.1) is 0 Å². The Hall–Kier alpha value is -5.39. The number of carbonyl (C=O) groups excluding carboxylic acids is 4. The Morgan fingerprint density at radius 1 is 0.362 bits per heavy atom. The zero-order valence-corrected chi connectivity index (χ0v) is 32.9. The molecule has 4 aromatic carbocycles. The Bertz CT molecular complexity index is 2160. The van der Waals surface area contributed by atoms with Gasteiger partial charge in [-0.05, 0) is 48.5 Å². The predicted molar refractivity (Wildman–Crippen MR) is 172 cm³/mol. The first-order valence-electron chi connectivity index (χ1n) is 13.5. The van der Waals surface area contributed by atoms with Crippen molar-refractivity contribution in [1.29, 1.82) is 0 Å². The summed E-state index contributed by atoms with van der Waals surface area (Å²) in [6.45, 7) is 0. The number of aromatic carboxylic acids is 4. The Kier molecular flexibility index (Phi) is 22.4. The quantitative estimate of drug-likeness (QED) is 0.0808. The summed E-state index contributed by atoms with van der Waals surface area (Å²) < 4.78 is 132. The molecular formula is C28H20FeNiO24S4. The molecule has 318 valence electrons. The third kappa shape index (κ3) is 22.4. The van der Waals surface area contributed by atoms with Crippen molar-refractivity contribution in [2.45, 2.75) is 0 Å². The average molecular weight is 983 g/mol. The topological polar surface area (TPSA) is 415 Å². The molecule has 0 aliphatic carbocycles. The van der Waals surface area contributed by atoms with E-state index < -0.39 is 111 Å². The van der Waals surface area contributed by atoms with Gasteiger partial charge in [-0.1, -0.05) is 48.5 Å². The zero-order valence-electron chi connectivity index (χ0n) is 27.5. The van der Waals surface area contributed by atoms with Crippen molar-refractivity contribution in [2.75, 3.05) is 0 Å². The first-order chi connectivity index (χ1) is 25.6. The Balaban J connectivity index is 0. The number of carboxylic acids is 4. The summed E-state index contributed by atoms with van der Waals surface area (Å²) in [5, 5.41) is 41.8. The van der Waals surface area contributed by atoms with Gasteiger partial charge in [0.2, 0.25) is 0 Å². The Labute approximate surface area is 347 Å². The van der Waals surface area contributed by atoms with E-state index in [1.165, 1.54) is 48.5 Å². The molecule has 58 heavy (non-hydrogen) atoms. The monoisotopic (exact) mass is 982 g/mol. The van der Waals surface area contributed by atoms with Crippen LogP contribution in [-0.4, -0.2) is 75.8 Å². The maximum Gasteiger partial charge on any atom is 2.00 e. The fourth-order valence-corrected chi connectivity index (χ4v) is 4.77. The van der Waals surface area contributed by atoms with Gasteiger partial charge in [-0.3, -0.25) is 18.2 Å². The third-order valence-electron chi connectivity index (χ3n) is 5.21. The SMILES string of the molecule is O=C([O-])c1ccccc1OS(=O)(=O)O.O=C([O-])c1ccccc1OS(=O)(=O)O.O=C([O-])c1ccccc1OS(=O)(=O)O.O=C([O-])c1ccccc1OS(=O)(=O)O.[Fe+2].[Ni+2]. The van der Waals surface area contributed by atoms with Crippen molar-refractivity contribution in [1.82, 2.24) is 0 Å². The minimum atomic E-state index is -4.72. The van der Waals surface area contributed by atoms with Crippen molar-refractivity contribution in [3.8, 4) is 23.0 Å². The molecule has 0 bridgehead atoms. The molecule has 4 rings (SSSR count). The van der Waals surface area contributed by atoms with Gasteiger partial charge in [-0.15, -0.1) is 0 Å². The molecule has 0 unspecified atom stereocenters. The van der Waals surface area contributed by atoms with E-state index in [0.29, 0.717) is 0 Å². The van der Waals surface area contributed by atoms with Crippen LogP contribution in [0.4, 0.5) is 0 Å². The van der Waals surface area contributed by atoms with E-state index in [1.54, 1.807) is 0 Å². The van der Waals surface area contributed by atoms with E-state index in [-0.39, 0.29) is 33.6 Å². The van der Waals surface area contributed by atoms with E-state index in [4.69, 9.17) is 18.2 Å². The van der Waals surface area contributed by atoms with Gasteiger partial charge in [0.15, 0.2) is 23.0 Å². The number of rotatable bonds is 12. The van der Waals surface area contributed by atoms with Crippen LogP contribution in [0.1, 0.15) is 41.4 Å². The number of para-hydroxylation sites is 4. The van der Waals surface area contributed by atoms with Gasteiger partial charge < -0.3 is 56.3 Å². The molecule has 0 spiro atoms. The van der Waals surface area contributed by atoms with Gasteiger partial charge in [0.1, 0.15) is 0 Å². The summed E-state index contributed by atoms with van der Waals surface area (Å²) in [6.07, 6.45) is 0. The molecule has 0 atom stereocenters. The zero-order chi connectivity index (χ0) is 43.1. The van der Waals surface area contributed by atoms with Crippen molar-refractivity contribution < 1.29 is 142 Å². The molecule has 0 saturated carbocycles.